The van der Waals surface area contributed by atoms with E-state index in [-0.39, 0.29) is 34.5 Å². The van der Waals surface area contributed by atoms with Gasteiger partial charge in [-0.15, -0.1) is 0 Å². The molecule has 1 aromatic rings. The van der Waals surface area contributed by atoms with Gasteiger partial charge in [0.25, 0.3) is 0 Å². The molecule has 0 atom stereocenters. The second-order valence-electron chi connectivity index (χ2n) is 10.9. The van der Waals surface area contributed by atoms with Crippen molar-refractivity contribution in [1.29, 1.82) is 0 Å². The summed E-state index contributed by atoms with van der Waals surface area (Å²) in [6.45, 7) is 15.8. The van der Waals surface area contributed by atoms with E-state index in [1.54, 1.807) is 28.6 Å². The van der Waals surface area contributed by atoms with Crippen LogP contribution in [0.1, 0.15) is 61.3 Å². The largest absolute Gasteiger partial charge is 0.342 e. The number of anilines is 1. The van der Waals surface area contributed by atoms with Crippen LogP contribution in [-0.2, 0) is 19.6 Å². The zero-order chi connectivity index (χ0) is 25.0. The van der Waals surface area contributed by atoms with Crippen LogP contribution in [0.5, 0.6) is 0 Å². The quantitative estimate of drug-likeness (QED) is 0.605. The summed E-state index contributed by atoms with van der Waals surface area (Å²) >= 11 is 0. The second-order valence-corrected chi connectivity index (χ2v) is 12.9. The van der Waals surface area contributed by atoms with Gasteiger partial charge in [0.05, 0.1) is 4.90 Å². The monoisotopic (exact) mass is 479 g/mol. The molecular formula is C25H41N3O4S. The summed E-state index contributed by atoms with van der Waals surface area (Å²) < 4.78 is 27.8. The van der Waals surface area contributed by atoms with Gasteiger partial charge in [0, 0.05) is 43.2 Å². The van der Waals surface area contributed by atoms with E-state index in [4.69, 9.17) is 0 Å². The lowest BCUT2D eigenvalue weighted by Crippen LogP contribution is -2.45. The number of amides is 2. The van der Waals surface area contributed by atoms with E-state index in [1.807, 2.05) is 53.4 Å². The van der Waals surface area contributed by atoms with Gasteiger partial charge >= 0.3 is 0 Å². The van der Waals surface area contributed by atoms with Crippen LogP contribution in [0.25, 0.3) is 0 Å². The van der Waals surface area contributed by atoms with E-state index in [0.717, 1.165) is 0 Å². The molecule has 1 aliphatic heterocycles. The van der Waals surface area contributed by atoms with Gasteiger partial charge in [0.2, 0.25) is 21.8 Å². The molecule has 1 aliphatic rings. The summed E-state index contributed by atoms with van der Waals surface area (Å²) in [5.74, 6) is 0.311. The van der Waals surface area contributed by atoms with Crippen LogP contribution in [0.4, 0.5) is 5.69 Å². The zero-order valence-corrected chi connectivity index (χ0v) is 22.0. The molecule has 0 aromatic heterocycles. The molecule has 1 fully saturated rings. The Morgan fingerprint density at radius 1 is 1.00 bits per heavy atom. The number of carbonyl (C=O) groups excluding carboxylic acids is 2. The highest BCUT2D eigenvalue weighted by molar-refractivity contribution is 7.89. The molecule has 7 nitrogen and oxygen atoms in total. The normalized spacial score (nSPS) is 16.0. The van der Waals surface area contributed by atoms with Gasteiger partial charge in [-0.1, -0.05) is 48.5 Å². The van der Waals surface area contributed by atoms with Crippen molar-refractivity contribution in [3.8, 4) is 0 Å². The van der Waals surface area contributed by atoms with Crippen LogP contribution in [0.3, 0.4) is 0 Å². The van der Waals surface area contributed by atoms with Crippen LogP contribution >= 0.6 is 0 Å². The molecule has 2 amide bonds. The molecule has 186 valence electrons. The smallest absolute Gasteiger partial charge is 0.243 e. The molecule has 0 unspecified atom stereocenters. The lowest BCUT2D eigenvalue weighted by molar-refractivity contribution is -0.142. The average Bonchev–Trinajstić information content (AvgIpc) is 2.72. The summed E-state index contributed by atoms with van der Waals surface area (Å²) in [6.07, 6.45) is 1.25. The van der Waals surface area contributed by atoms with Crippen molar-refractivity contribution in [2.24, 2.45) is 23.2 Å². The van der Waals surface area contributed by atoms with Gasteiger partial charge in [0.1, 0.15) is 0 Å². The van der Waals surface area contributed by atoms with Crippen molar-refractivity contribution in [2.75, 3.05) is 31.5 Å². The van der Waals surface area contributed by atoms with Crippen LogP contribution in [0, 0.1) is 23.2 Å². The number of hydrogen-bond acceptors (Lipinski definition) is 4. The number of nitrogens with one attached hydrogen (secondary N) is 1. The maximum absolute atomic E-state index is 13.1. The number of likely N-dealkylation sites (tertiary alicyclic amines) is 1. The molecule has 33 heavy (non-hydrogen) atoms. The topological polar surface area (TPSA) is 86.8 Å². The molecule has 0 saturated carbocycles. The van der Waals surface area contributed by atoms with E-state index in [2.05, 4.69) is 5.32 Å². The number of rotatable bonds is 8. The minimum absolute atomic E-state index is 0.0882. The first-order chi connectivity index (χ1) is 15.2. The third-order valence-electron chi connectivity index (χ3n) is 5.69. The first-order valence-electron chi connectivity index (χ1n) is 11.9. The molecule has 0 spiro atoms. The minimum atomic E-state index is -3.60. The van der Waals surface area contributed by atoms with Crippen molar-refractivity contribution in [3.63, 3.8) is 0 Å². The number of carbonyl (C=O) groups is 2. The molecule has 0 radical (unpaired) electrons. The highest BCUT2D eigenvalue weighted by atomic mass is 32.2. The Morgan fingerprint density at radius 2 is 1.48 bits per heavy atom. The Labute approximate surface area is 200 Å². The van der Waals surface area contributed by atoms with Crippen molar-refractivity contribution in [1.82, 2.24) is 9.21 Å². The second kappa shape index (κ2) is 11.0. The van der Waals surface area contributed by atoms with E-state index in [9.17, 15) is 18.0 Å². The number of nitrogens with zero attached hydrogens (tertiary/aromatic N) is 2. The highest BCUT2D eigenvalue weighted by Crippen LogP contribution is 2.25. The fraction of sp³-hybridized carbons (Fsp3) is 0.680. The predicted molar refractivity (Wildman–Crippen MR) is 132 cm³/mol. The molecule has 1 saturated heterocycles. The number of piperidine rings is 1. The van der Waals surface area contributed by atoms with E-state index >= 15 is 0 Å². The molecule has 0 bridgehead atoms. The summed E-state index contributed by atoms with van der Waals surface area (Å²) in [7, 11) is -3.60. The number of sulfonamides is 1. The molecule has 1 aromatic carbocycles. The van der Waals surface area contributed by atoms with Gasteiger partial charge < -0.3 is 10.2 Å². The fourth-order valence-electron chi connectivity index (χ4n) is 4.01. The molecular weight excluding hydrogens is 438 g/mol. The summed E-state index contributed by atoms with van der Waals surface area (Å²) in [6, 6.07) is 6.41. The van der Waals surface area contributed by atoms with Crippen LogP contribution in [-0.4, -0.2) is 55.6 Å². The van der Waals surface area contributed by atoms with Gasteiger partial charge in [-0.2, -0.15) is 4.31 Å². The number of benzene rings is 1. The lowest BCUT2D eigenvalue weighted by Gasteiger charge is -2.35. The van der Waals surface area contributed by atoms with Crippen molar-refractivity contribution in [3.05, 3.63) is 24.3 Å². The Kier molecular flexibility index (Phi) is 9.10. The first-order valence-corrected chi connectivity index (χ1v) is 13.4. The van der Waals surface area contributed by atoms with Gasteiger partial charge in [-0.25, -0.2) is 8.42 Å². The SMILES string of the molecule is CC(C)CN(CC(C)C)S(=O)(=O)c1ccc(NC(=O)C2CCN(C(=O)C(C)(C)C)CC2)cc1. The van der Waals surface area contributed by atoms with Gasteiger partial charge in [0.15, 0.2) is 0 Å². The number of hydrogen-bond donors (Lipinski definition) is 1. The van der Waals surface area contributed by atoms with E-state index < -0.39 is 15.4 Å². The zero-order valence-electron chi connectivity index (χ0n) is 21.2. The highest BCUT2D eigenvalue weighted by Gasteiger charge is 2.32. The fourth-order valence-corrected chi connectivity index (χ4v) is 5.78. The van der Waals surface area contributed by atoms with Crippen LogP contribution in [0.15, 0.2) is 29.2 Å². The van der Waals surface area contributed by atoms with Crippen molar-refractivity contribution >= 4 is 27.5 Å². The molecule has 1 heterocycles. The molecule has 0 aliphatic carbocycles. The van der Waals surface area contributed by atoms with E-state index in [0.29, 0.717) is 44.7 Å². The standard InChI is InChI=1S/C25H41N3O4S/c1-18(2)16-28(17-19(3)4)33(31,32)22-10-8-21(9-11-22)26-23(29)20-12-14-27(15-13-20)24(30)25(5,6)7/h8-11,18-20H,12-17H2,1-7H3,(H,26,29). The summed E-state index contributed by atoms with van der Waals surface area (Å²) in [4.78, 5) is 27.2. The Hall–Kier alpha value is -1.93. The summed E-state index contributed by atoms with van der Waals surface area (Å²) in [5.41, 5.74) is 0.156. The van der Waals surface area contributed by atoms with Gasteiger partial charge in [-0.3, -0.25) is 9.59 Å². The molecule has 8 heteroatoms. The third-order valence-corrected chi connectivity index (χ3v) is 7.54. The Bertz CT molecular complexity index is 900. The molecule has 2 rings (SSSR count). The maximum atomic E-state index is 13.1. The van der Waals surface area contributed by atoms with Crippen LogP contribution < -0.4 is 5.32 Å². The van der Waals surface area contributed by atoms with Crippen molar-refractivity contribution < 1.29 is 18.0 Å². The third kappa shape index (κ3) is 7.54. The maximum Gasteiger partial charge on any atom is 0.243 e. The lowest BCUT2D eigenvalue weighted by atomic mass is 9.90. The Morgan fingerprint density at radius 3 is 1.91 bits per heavy atom. The molecule has 1 N–H and O–H groups in total. The van der Waals surface area contributed by atoms with Crippen molar-refractivity contribution in [2.45, 2.75) is 66.2 Å². The van der Waals surface area contributed by atoms with Crippen LogP contribution in [0.2, 0.25) is 0 Å². The predicted octanol–water partition coefficient (Wildman–Crippen LogP) is 4.21. The Balaban J connectivity index is 2.01. The summed E-state index contributed by atoms with van der Waals surface area (Å²) in [5, 5.41) is 2.91. The van der Waals surface area contributed by atoms with Gasteiger partial charge in [-0.05, 0) is 48.9 Å². The average molecular weight is 480 g/mol. The minimum Gasteiger partial charge on any atom is -0.342 e. The first kappa shape index (κ1) is 27.3. The van der Waals surface area contributed by atoms with E-state index in [1.165, 1.54) is 0 Å².